The first-order valence-corrected chi connectivity index (χ1v) is 20.0. The van der Waals surface area contributed by atoms with Gasteiger partial charge in [0.15, 0.2) is 12.7 Å². The van der Waals surface area contributed by atoms with Crippen molar-refractivity contribution < 1.29 is 38.0 Å². The number of carbonyl (C=O) groups excluding carboxylic acids is 2. The van der Waals surface area contributed by atoms with E-state index in [2.05, 4.69) is 37.4 Å². The molecule has 286 valence electrons. The number of carbonyl (C=O) groups is 2. The highest BCUT2D eigenvalue weighted by Crippen LogP contribution is 2.35. The summed E-state index contributed by atoms with van der Waals surface area (Å²) in [5.74, 6) is -1.10. The maximum atomic E-state index is 12.3. The minimum atomic E-state index is -1.36. The summed E-state index contributed by atoms with van der Waals surface area (Å²) in [6, 6.07) is 24.4. The SMILES string of the molecule is C=CC(=O)OC(COCc1ccc(SC)cc1)COc1c(C)cc(-c2cc(C)c(OCC(C)(OCc3ccc(SC)cc3)OC(=O)C=C)c(C)c2)cc1C. The third-order valence-corrected chi connectivity index (χ3v) is 10.0. The highest BCUT2D eigenvalue weighted by Gasteiger charge is 2.31. The van der Waals surface area contributed by atoms with Crippen LogP contribution in [-0.2, 0) is 41.8 Å². The Balaban J connectivity index is 1.43. The average Bonchev–Trinajstić information content (AvgIpc) is 3.16. The summed E-state index contributed by atoms with van der Waals surface area (Å²) < 4.78 is 35.8. The van der Waals surface area contributed by atoms with E-state index in [0.29, 0.717) is 18.1 Å². The molecule has 0 amide bonds. The molecule has 0 aromatic heterocycles. The number of rotatable bonds is 20. The van der Waals surface area contributed by atoms with Crippen LogP contribution in [0.2, 0.25) is 0 Å². The van der Waals surface area contributed by atoms with E-state index in [1.807, 2.05) is 88.7 Å². The maximum Gasteiger partial charge on any atom is 0.332 e. The normalized spacial score (nSPS) is 12.6. The van der Waals surface area contributed by atoms with Crippen molar-refractivity contribution in [1.82, 2.24) is 0 Å². The molecule has 0 fully saturated rings. The van der Waals surface area contributed by atoms with Crippen LogP contribution < -0.4 is 9.47 Å². The lowest BCUT2D eigenvalue weighted by Crippen LogP contribution is -2.40. The number of hydrogen-bond donors (Lipinski definition) is 0. The Bertz CT molecular complexity index is 1860. The number of ether oxygens (including phenoxy) is 6. The van der Waals surface area contributed by atoms with E-state index in [1.165, 1.54) is 4.90 Å². The fraction of sp³-hybridized carbons (Fsp3) is 0.318. The van der Waals surface area contributed by atoms with Gasteiger partial charge in [0.25, 0.3) is 0 Å². The van der Waals surface area contributed by atoms with Crippen LogP contribution in [0.25, 0.3) is 11.1 Å². The molecule has 0 heterocycles. The van der Waals surface area contributed by atoms with Gasteiger partial charge in [-0.25, -0.2) is 9.59 Å². The van der Waals surface area contributed by atoms with Gasteiger partial charge < -0.3 is 28.4 Å². The summed E-state index contributed by atoms with van der Waals surface area (Å²) in [6.45, 7) is 17.6. The predicted octanol–water partition coefficient (Wildman–Crippen LogP) is 9.77. The Morgan fingerprint density at radius 2 is 1.15 bits per heavy atom. The van der Waals surface area contributed by atoms with Gasteiger partial charge >= 0.3 is 11.9 Å². The number of thioether (sulfide) groups is 2. The second kappa shape index (κ2) is 20.3. The summed E-state index contributed by atoms with van der Waals surface area (Å²) in [7, 11) is 0. The minimum absolute atomic E-state index is 0.0276. The lowest BCUT2D eigenvalue weighted by atomic mass is 9.96. The van der Waals surface area contributed by atoms with E-state index in [9.17, 15) is 9.59 Å². The van der Waals surface area contributed by atoms with Gasteiger partial charge in [0, 0.05) is 28.9 Å². The highest BCUT2D eigenvalue weighted by molar-refractivity contribution is 7.98. The van der Waals surface area contributed by atoms with Crippen LogP contribution in [0, 0.1) is 27.7 Å². The molecule has 0 aliphatic heterocycles. The van der Waals surface area contributed by atoms with Crippen molar-refractivity contribution in [2.45, 2.75) is 69.5 Å². The van der Waals surface area contributed by atoms with Gasteiger partial charge in [0.05, 0.1) is 19.8 Å². The van der Waals surface area contributed by atoms with Crippen molar-refractivity contribution in [3.63, 3.8) is 0 Å². The van der Waals surface area contributed by atoms with E-state index >= 15 is 0 Å². The van der Waals surface area contributed by atoms with Crippen LogP contribution >= 0.6 is 23.5 Å². The lowest BCUT2D eigenvalue weighted by molar-refractivity contribution is -0.235. The summed E-state index contributed by atoms with van der Waals surface area (Å²) in [5, 5.41) is 0. The third-order valence-electron chi connectivity index (χ3n) is 8.51. The Kier molecular flexibility index (Phi) is 15.9. The van der Waals surface area contributed by atoms with Crippen LogP contribution in [0.4, 0.5) is 0 Å². The first-order valence-electron chi connectivity index (χ1n) is 17.5. The lowest BCUT2D eigenvalue weighted by Gasteiger charge is -2.30. The van der Waals surface area contributed by atoms with Crippen LogP contribution in [0.5, 0.6) is 11.5 Å². The average molecular weight is 771 g/mol. The zero-order chi connectivity index (χ0) is 39.3. The Morgan fingerprint density at radius 3 is 1.61 bits per heavy atom. The molecular formula is C44H50O8S2. The van der Waals surface area contributed by atoms with Gasteiger partial charge in [-0.1, -0.05) is 37.4 Å². The van der Waals surface area contributed by atoms with E-state index in [1.54, 1.807) is 30.4 Å². The summed E-state index contributed by atoms with van der Waals surface area (Å²) in [4.78, 5) is 26.7. The molecule has 0 N–H and O–H groups in total. The topological polar surface area (TPSA) is 89.5 Å². The second-order valence-electron chi connectivity index (χ2n) is 13.0. The quantitative estimate of drug-likeness (QED) is 0.0375. The summed E-state index contributed by atoms with van der Waals surface area (Å²) >= 11 is 3.34. The van der Waals surface area contributed by atoms with Crippen LogP contribution in [0.1, 0.15) is 40.3 Å². The van der Waals surface area contributed by atoms with Gasteiger partial charge in [0.1, 0.15) is 18.1 Å². The molecule has 0 radical (unpaired) electrons. The number of aryl methyl sites for hydroxylation is 4. The molecule has 54 heavy (non-hydrogen) atoms. The van der Waals surface area contributed by atoms with Crippen LogP contribution in [0.15, 0.2) is 108 Å². The summed E-state index contributed by atoms with van der Waals surface area (Å²) in [6.07, 6.45) is 5.67. The number of hydrogen-bond acceptors (Lipinski definition) is 10. The molecule has 2 atom stereocenters. The van der Waals surface area contributed by atoms with Gasteiger partial charge in [-0.3, -0.25) is 0 Å². The molecule has 0 aliphatic carbocycles. The minimum Gasteiger partial charge on any atom is -0.489 e. The molecule has 0 saturated heterocycles. The molecule has 2 unspecified atom stereocenters. The molecule has 0 bridgehead atoms. The zero-order valence-corrected chi connectivity index (χ0v) is 33.8. The van der Waals surface area contributed by atoms with Crippen molar-refractivity contribution in [1.29, 1.82) is 0 Å². The predicted molar refractivity (Wildman–Crippen MR) is 217 cm³/mol. The third kappa shape index (κ3) is 12.3. The van der Waals surface area contributed by atoms with Crippen LogP contribution in [0.3, 0.4) is 0 Å². The molecule has 0 aliphatic rings. The van der Waals surface area contributed by atoms with Crippen molar-refractivity contribution in [3.8, 4) is 22.6 Å². The summed E-state index contributed by atoms with van der Waals surface area (Å²) in [5.41, 5.74) is 7.70. The van der Waals surface area contributed by atoms with Gasteiger partial charge in [-0.15, -0.1) is 23.5 Å². The fourth-order valence-corrected chi connectivity index (χ4v) is 6.56. The van der Waals surface area contributed by atoms with Crippen molar-refractivity contribution in [2.75, 3.05) is 32.3 Å². The zero-order valence-electron chi connectivity index (χ0n) is 32.2. The monoisotopic (exact) mass is 770 g/mol. The van der Waals surface area contributed by atoms with Crippen LogP contribution in [-0.4, -0.2) is 56.2 Å². The molecule has 4 aromatic rings. The maximum absolute atomic E-state index is 12.3. The first-order chi connectivity index (χ1) is 25.9. The van der Waals surface area contributed by atoms with Crippen molar-refractivity contribution >= 4 is 35.5 Å². The Hall–Kier alpha value is -4.48. The molecule has 10 heteroatoms. The molecule has 8 nitrogen and oxygen atoms in total. The largest absolute Gasteiger partial charge is 0.489 e. The molecule has 0 saturated carbocycles. The van der Waals surface area contributed by atoms with Crippen molar-refractivity contribution in [3.05, 3.63) is 131 Å². The first kappa shape index (κ1) is 42.3. The van der Waals surface area contributed by atoms with E-state index in [4.69, 9.17) is 28.4 Å². The molecule has 4 rings (SSSR count). The molecular weight excluding hydrogens is 721 g/mol. The smallest absolute Gasteiger partial charge is 0.332 e. The molecule has 0 spiro atoms. The van der Waals surface area contributed by atoms with Crippen molar-refractivity contribution in [2.24, 2.45) is 0 Å². The second-order valence-corrected chi connectivity index (χ2v) is 14.8. The Morgan fingerprint density at radius 1 is 0.685 bits per heavy atom. The van der Waals surface area contributed by atoms with E-state index < -0.39 is 23.8 Å². The number of benzene rings is 4. The molecule has 4 aromatic carbocycles. The standard InChI is InChI=1S/C44H50O8S2/c1-10-40(45)51-37(26-47-24-33-12-16-38(53-8)17-13-33)27-48-42-29(3)20-35(21-30(42)4)36-22-31(5)43(32(6)23-36)49-28-44(7,52-41(46)11-2)50-25-34-14-18-39(54-9)19-15-34/h10-23,37H,1-2,24-28H2,3-9H3. The van der Waals surface area contributed by atoms with Gasteiger partial charge in [0.2, 0.25) is 5.79 Å². The fourth-order valence-electron chi connectivity index (χ4n) is 5.74. The Labute approximate surface area is 328 Å². The van der Waals surface area contributed by atoms with E-state index in [-0.39, 0.29) is 26.4 Å². The van der Waals surface area contributed by atoms with Gasteiger partial charge in [-0.05, 0) is 133 Å². The highest BCUT2D eigenvalue weighted by atomic mass is 32.2. The number of esters is 2. The van der Waals surface area contributed by atoms with Gasteiger partial charge in [-0.2, -0.15) is 0 Å². The van der Waals surface area contributed by atoms with E-state index in [0.717, 1.165) is 61.6 Å².